The highest BCUT2D eigenvalue weighted by molar-refractivity contribution is 7.52. The van der Waals surface area contributed by atoms with Crippen LogP contribution in [0.5, 0.6) is 0 Å². The molecule has 5 nitrogen and oxygen atoms in total. The second-order valence-electron chi connectivity index (χ2n) is 3.96. The predicted octanol–water partition coefficient (Wildman–Crippen LogP) is 2.15. The minimum absolute atomic E-state index is 0.0887. The lowest BCUT2D eigenvalue weighted by Gasteiger charge is -2.16. The molecule has 0 aromatic heterocycles. The van der Waals surface area contributed by atoms with Crippen LogP contribution in [-0.2, 0) is 20.3 Å². The van der Waals surface area contributed by atoms with Gasteiger partial charge in [-0.05, 0) is 18.9 Å². The van der Waals surface area contributed by atoms with Gasteiger partial charge in [0.15, 0.2) is 0 Å². The lowest BCUT2D eigenvalue weighted by atomic mass is 10.0. The molecule has 1 rings (SSSR count). The lowest BCUT2D eigenvalue weighted by molar-refractivity contribution is -0.141. The first-order valence-corrected chi connectivity index (χ1v) is 7.44. The fourth-order valence-corrected chi connectivity index (χ4v) is 3.01. The van der Waals surface area contributed by atoms with Crippen molar-refractivity contribution in [3.63, 3.8) is 0 Å². The summed E-state index contributed by atoms with van der Waals surface area (Å²) in [6, 6.07) is 9.01. The van der Waals surface area contributed by atoms with E-state index in [0.29, 0.717) is 0 Å². The first-order chi connectivity index (χ1) is 8.44. The molecule has 0 amide bonds. The van der Waals surface area contributed by atoms with Crippen LogP contribution in [0.1, 0.15) is 12.5 Å². The maximum atomic E-state index is 11.6. The minimum Gasteiger partial charge on any atom is -0.481 e. The van der Waals surface area contributed by atoms with Gasteiger partial charge >= 0.3 is 13.6 Å². The SMILES string of the molecule is CCOP(=O)(O)C[C@H](Cc1ccccc1)C(=O)O. The molecule has 0 heterocycles. The number of hydrogen-bond donors (Lipinski definition) is 2. The monoisotopic (exact) mass is 272 g/mol. The second kappa shape index (κ2) is 6.69. The first kappa shape index (κ1) is 14.9. The Bertz CT molecular complexity index is 431. The van der Waals surface area contributed by atoms with Crippen LogP contribution in [0.4, 0.5) is 0 Å². The zero-order valence-electron chi connectivity index (χ0n) is 10.2. The van der Waals surface area contributed by atoms with Gasteiger partial charge in [0.1, 0.15) is 0 Å². The Morgan fingerprint density at radius 3 is 2.50 bits per heavy atom. The summed E-state index contributed by atoms with van der Waals surface area (Å²) in [7, 11) is -3.82. The highest BCUT2D eigenvalue weighted by Gasteiger charge is 2.29. The van der Waals surface area contributed by atoms with E-state index in [1.54, 1.807) is 31.2 Å². The topological polar surface area (TPSA) is 83.8 Å². The molecular weight excluding hydrogens is 255 g/mol. The van der Waals surface area contributed by atoms with Crippen LogP contribution in [0.3, 0.4) is 0 Å². The zero-order chi connectivity index (χ0) is 13.6. The molecule has 6 heteroatoms. The van der Waals surface area contributed by atoms with E-state index in [1.807, 2.05) is 6.07 Å². The lowest BCUT2D eigenvalue weighted by Crippen LogP contribution is -2.21. The van der Waals surface area contributed by atoms with Gasteiger partial charge in [0, 0.05) is 0 Å². The number of aliphatic carboxylic acids is 1. The number of hydrogen-bond acceptors (Lipinski definition) is 3. The van der Waals surface area contributed by atoms with Crippen molar-refractivity contribution in [2.75, 3.05) is 12.8 Å². The van der Waals surface area contributed by atoms with E-state index in [9.17, 15) is 14.3 Å². The molecule has 0 radical (unpaired) electrons. The second-order valence-corrected chi connectivity index (χ2v) is 5.86. The largest absolute Gasteiger partial charge is 0.481 e. The molecule has 0 aliphatic rings. The maximum Gasteiger partial charge on any atom is 0.328 e. The van der Waals surface area contributed by atoms with Gasteiger partial charge in [0.05, 0.1) is 18.7 Å². The summed E-state index contributed by atoms with van der Waals surface area (Å²) < 4.78 is 16.3. The molecular formula is C12H17O5P. The molecule has 100 valence electrons. The van der Waals surface area contributed by atoms with Crippen LogP contribution < -0.4 is 0 Å². The van der Waals surface area contributed by atoms with Gasteiger partial charge in [-0.25, -0.2) is 0 Å². The molecule has 0 aliphatic carbocycles. The van der Waals surface area contributed by atoms with Gasteiger partial charge in [-0.15, -0.1) is 0 Å². The van der Waals surface area contributed by atoms with Gasteiger partial charge < -0.3 is 14.5 Å². The molecule has 2 N–H and O–H groups in total. The van der Waals surface area contributed by atoms with Gasteiger partial charge in [0.2, 0.25) is 0 Å². The molecule has 0 saturated heterocycles. The molecule has 0 bridgehead atoms. The van der Waals surface area contributed by atoms with E-state index in [4.69, 9.17) is 9.63 Å². The predicted molar refractivity (Wildman–Crippen MR) is 67.6 cm³/mol. The molecule has 1 aromatic rings. The third kappa shape index (κ3) is 5.00. The molecule has 1 unspecified atom stereocenters. The van der Waals surface area contributed by atoms with Crippen LogP contribution in [0.15, 0.2) is 30.3 Å². The Kier molecular flexibility index (Phi) is 5.54. The quantitative estimate of drug-likeness (QED) is 0.743. The van der Waals surface area contributed by atoms with E-state index >= 15 is 0 Å². The van der Waals surface area contributed by atoms with E-state index in [1.165, 1.54) is 0 Å². The smallest absolute Gasteiger partial charge is 0.328 e. The molecule has 0 saturated carbocycles. The highest BCUT2D eigenvalue weighted by Crippen LogP contribution is 2.44. The Morgan fingerprint density at radius 1 is 1.39 bits per heavy atom. The van der Waals surface area contributed by atoms with Gasteiger partial charge in [-0.3, -0.25) is 9.36 Å². The Morgan fingerprint density at radius 2 is 2.00 bits per heavy atom. The molecule has 0 aliphatic heterocycles. The van der Waals surface area contributed by atoms with Crippen molar-refractivity contribution in [3.05, 3.63) is 35.9 Å². The number of carboxylic acid groups (broad SMARTS) is 1. The summed E-state index contributed by atoms with van der Waals surface area (Å²) in [5.41, 5.74) is 0.821. The Labute approximate surface area is 106 Å². The zero-order valence-corrected chi connectivity index (χ0v) is 11.0. The van der Waals surface area contributed by atoms with Crippen LogP contribution in [0, 0.1) is 5.92 Å². The van der Waals surface area contributed by atoms with E-state index in [0.717, 1.165) is 5.56 Å². The average molecular weight is 272 g/mol. The third-order valence-electron chi connectivity index (χ3n) is 2.46. The van der Waals surface area contributed by atoms with Crippen molar-refractivity contribution in [1.82, 2.24) is 0 Å². The van der Waals surface area contributed by atoms with Crippen molar-refractivity contribution in [2.45, 2.75) is 13.3 Å². The van der Waals surface area contributed by atoms with Crippen molar-refractivity contribution < 1.29 is 23.9 Å². The van der Waals surface area contributed by atoms with Gasteiger partial charge in [-0.1, -0.05) is 30.3 Å². The molecule has 0 spiro atoms. The number of carbonyl (C=O) groups is 1. The average Bonchev–Trinajstić information content (AvgIpc) is 2.29. The number of carboxylic acids is 1. The first-order valence-electron chi connectivity index (χ1n) is 5.67. The minimum atomic E-state index is -3.82. The standard InChI is InChI=1S/C12H17O5P/c1-2-17-18(15,16)9-11(12(13)14)8-10-6-4-3-5-7-10/h3-7,11H,2,8-9H2,1H3,(H,13,14)(H,15,16)/t11-/m0/s1. The van der Waals surface area contributed by atoms with Crippen molar-refractivity contribution >= 4 is 13.6 Å². The summed E-state index contributed by atoms with van der Waals surface area (Å²) in [4.78, 5) is 20.6. The molecule has 18 heavy (non-hydrogen) atoms. The molecule has 0 fully saturated rings. The highest BCUT2D eigenvalue weighted by atomic mass is 31.2. The summed E-state index contributed by atoms with van der Waals surface area (Å²) >= 11 is 0. The van der Waals surface area contributed by atoms with Crippen molar-refractivity contribution in [1.29, 1.82) is 0 Å². The van der Waals surface area contributed by atoms with Crippen molar-refractivity contribution in [3.8, 4) is 0 Å². The summed E-state index contributed by atoms with van der Waals surface area (Å²) in [5, 5.41) is 9.08. The molecule has 1 aromatic carbocycles. The van der Waals surface area contributed by atoms with Gasteiger partial charge in [0.25, 0.3) is 0 Å². The fraction of sp³-hybridized carbons (Fsp3) is 0.417. The summed E-state index contributed by atoms with van der Waals surface area (Å²) in [6.45, 7) is 1.68. The van der Waals surface area contributed by atoms with Crippen LogP contribution >= 0.6 is 7.60 Å². The Hall–Kier alpha value is -1.16. The van der Waals surface area contributed by atoms with Gasteiger partial charge in [-0.2, -0.15) is 0 Å². The van der Waals surface area contributed by atoms with Crippen LogP contribution in [-0.4, -0.2) is 28.7 Å². The molecule has 2 atom stereocenters. The third-order valence-corrected chi connectivity index (χ3v) is 4.02. The van der Waals surface area contributed by atoms with E-state index in [-0.39, 0.29) is 19.2 Å². The number of rotatable bonds is 7. The Balaban J connectivity index is 2.73. The van der Waals surface area contributed by atoms with E-state index in [2.05, 4.69) is 0 Å². The van der Waals surface area contributed by atoms with E-state index < -0.39 is 19.5 Å². The normalized spacial score (nSPS) is 15.9. The summed E-state index contributed by atoms with van der Waals surface area (Å²) in [5.74, 6) is -2.01. The number of benzene rings is 1. The summed E-state index contributed by atoms with van der Waals surface area (Å²) in [6.07, 6.45) is -0.154. The fourth-order valence-electron chi connectivity index (χ4n) is 1.66. The maximum absolute atomic E-state index is 11.6. The van der Waals surface area contributed by atoms with Crippen molar-refractivity contribution in [2.24, 2.45) is 5.92 Å². The van der Waals surface area contributed by atoms with Crippen LogP contribution in [0.2, 0.25) is 0 Å². The van der Waals surface area contributed by atoms with Crippen LogP contribution in [0.25, 0.3) is 0 Å².